The van der Waals surface area contributed by atoms with E-state index in [0.29, 0.717) is 52.4 Å². The van der Waals surface area contributed by atoms with Gasteiger partial charge in [0.2, 0.25) is 11.9 Å². The average molecular weight is 924 g/mol. The van der Waals surface area contributed by atoms with Crippen molar-refractivity contribution in [2.24, 2.45) is 13.0 Å². The number of hydrogen-bond acceptors (Lipinski definition) is 13. The number of imide groups is 1. The zero-order valence-electron chi connectivity index (χ0n) is 36.8. The number of carbonyl (C=O) groups is 3. The molecule has 3 aromatic carbocycles. The Morgan fingerprint density at radius 3 is 2.35 bits per heavy atom. The second kappa shape index (κ2) is 18.1. The third-order valence-electron chi connectivity index (χ3n) is 12.8. The lowest BCUT2D eigenvalue weighted by Gasteiger charge is -2.40. The smallest absolute Gasteiger partial charge is 0.262 e. The Balaban J connectivity index is 0.851. The summed E-state index contributed by atoms with van der Waals surface area (Å²) in [6, 6.07) is 12.8. The average Bonchev–Trinajstić information content (AvgIpc) is 3.84. The van der Waals surface area contributed by atoms with Gasteiger partial charge in [0.25, 0.3) is 11.8 Å². The molecule has 6 heterocycles. The zero-order valence-corrected chi connectivity index (χ0v) is 38.5. The molecule has 4 aliphatic rings. The number of halogens is 2. The first-order valence-electron chi connectivity index (χ1n) is 21.9. The van der Waals surface area contributed by atoms with E-state index >= 15 is 0 Å². The van der Waals surface area contributed by atoms with Gasteiger partial charge in [-0.1, -0.05) is 11.6 Å². The summed E-state index contributed by atoms with van der Waals surface area (Å²) in [5, 5.41) is 14.3. The molecular weight excluding hydrogens is 872 g/mol. The fraction of sp³-hybridized carbons (Fsp3) is 0.391. The minimum Gasteiger partial charge on any atom is -0.494 e. The number of piperazine rings is 1. The predicted molar refractivity (Wildman–Crippen MR) is 251 cm³/mol. The van der Waals surface area contributed by atoms with E-state index in [0.717, 1.165) is 92.5 Å². The van der Waals surface area contributed by atoms with Crippen molar-refractivity contribution in [3.63, 3.8) is 0 Å². The fourth-order valence-electron chi connectivity index (χ4n) is 9.35. The number of methoxy groups -OCH3 is 1. The second-order valence-corrected chi connectivity index (χ2v) is 21.1. The van der Waals surface area contributed by atoms with Crippen molar-refractivity contribution >= 4 is 76.3 Å². The van der Waals surface area contributed by atoms with Crippen LogP contribution in [0.1, 0.15) is 46.4 Å². The van der Waals surface area contributed by atoms with Crippen LogP contribution in [-0.4, -0.2) is 126 Å². The van der Waals surface area contributed by atoms with Crippen molar-refractivity contribution < 1.29 is 28.1 Å². The third-order valence-corrected chi connectivity index (χ3v) is 14.6. The molecule has 0 saturated carbocycles. The summed E-state index contributed by atoms with van der Waals surface area (Å²) < 4.78 is 34.9. The van der Waals surface area contributed by atoms with Gasteiger partial charge >= 0.3 is 0 Å². The molecule has 65 heavy (non-hydrogen) atoms. The molecule has 3 fully saturated rings. The molecular formula is C46H52ClFN11O5P. The lowest BCUT2D eigenvalue weighted by molar-refractivity contribution is -0.126. The Kier molecular flexibility index (Phi) is 12.3. The highest BCUT2D eigenvalue weighted by Crippen LogP contribution is 2.43. The van der Waals surface area contributed by atoms with Crippen LogP contribution >= 0.6 is 18.7 Å². The van der Waals surface area contributed by atoms with Crippen molar-refractivity contribution in [3.8, 4) is 16.9 Å². The van der Waals surface area contributed by atoms with Crippen molar-refractivity contribution in [3.05, 3.63) is 89.1 Å². The molecule has 340 valence electrons. The molecule has 9 rings (SSSR count). The van der Waals surface area contributed by atoms with Gasteiger partial charge in [-0.25, -0.2) is 9.37 Å². The number of carbonyl (C=O) groups excluding carboxylic acids is 3. The maximum atomic E-state index is 14.2. The second-order valence-electron chi connectivity index (χ2n) is 17.5. The lowest BCUT2D eigenvalue weighted by atomic mass is 9.94. The fourth-order valence-corrected chi connectivity index (χ4v) is 10.6. The topological polar surface area (TPSA) is 170 Å². The summed E-state index contributed by atoms with van der Waals surface area (Å²) in [5.74, 6) is 0.0639. The van der Waals surface area contributed by atoms with Crippen LogP contribution in [0.4, 0.5) is 38.9 Å². The Morgan fingerprint density at radius 1 is 0.877 bits per heavy atom. The Bertz CT molecular complexity index is 2710. The van der Waals surface area contributed by atoms with Gasteiger partial charge in [0.05, 0.1) is 42.0 Å². The summed E-state index contributed by atoms with van der Waals surface area (Å²) in [5.41, 5.74) is 5.64. The summed E-state index contributed by atoms with van der Waals surface area (Å²) in [7, 11) is 0.653. The van der Waals surface area contributed by atoms with Crippen LogP contribution < -0.4 is 35.8 Å². The summed E-state index contributed by atoms with van der Waals surface area (Å²) in [6.07, 6.45) is 8.52. The molecule has 3 N–H and O–H groups in total. The number of nitrogens with one attached hydrogen (secondary N) is 3. The van der Waals surface area contributed by atoms with Crippen LogP contribution in [0, 0.1) is 11.7 Å². The number of ether oxygens (including phenoxy) is 1. The minimum atomic E-state index is -2.86. The van der Waals surface area contributed by atoms with Gasteiger partial charge in [0.1, 0.15) is 29.8 Å². The molecule has 0 spiro atoms. The molecule has 0 aliphatic carbocycles. The number of rotatable bonds is 12. The highest BCUT2D eigenvalue weighted by atomic mass is 35.5. The number of anilines is 6. The van der Waals surface area contributed by atoms with E-state index in [9.17, 15) is 23.3 Å². The maximum Gasteiger partial charge on any atom is 0.262 e. The van der Waals surface area contributed by atoms with Gasteiger partial charge in [0, 0.05) is 99.5 Å². The molecule has 0 radical (unpaired) electrons. The first-order chi connectivity index (χ1) is 31.2. The van der Waals surface area contributed by atoms with Crippen molar-refractivity contribution in [2.45, 2.75) is 31.7 Å². The molecule has 0 bridgehead atoms. The summed E-state index contributed by atoms with van der Waals surface area (Å²) >= 11 is 6.53. The first-order valence-corrected chi connectivity index (χ1v) is 24.9. The van der Waals surface area contributed by atoms with E-state index < -0.39 is 24.9 Å². The first kappa shape index (κ1) is 44.2. The van der Waals surface area contributed by atoms with Crippen molar-refractivity contribution in [1.82, 2.24) is 34.9 Å². The predicted octanol–water partition coefficient (Wildman–Crippen LogP) is 6.33. The SMILES string of the molecule is COc1cc(N2CCC(CN3CCN(c4ccc5c(c4)C(=O)N(C4CCCNC4=O)C5=O)CC3)CC2)c(-c2cnn(C)c2)cc1Nc1ncc(Cl)c(Nc2ccc(F)cc2P(C)(C)=O)n1. The molecule has 1 unspecified atom stereocenters. The number of aromatic nitrogens is 4. The monoisotopic (exact) mass is 923 g/mol. The maximum absolute atomic E-state index is 14.2. The van der Waals surface area contributed by atoms with E-state index in [1.54, 1.807) is 31.2 Å². The van der Waals surface area contributed by atoms with Gasteiger partial charge in [-0.2, -0.15) is 10.1 Å². The Morgan fingerprint density at radius 2 is 1.65 bits per heavy atom. The highest BCUT2D eigenvalue weighted by Gasteiger charge is 2.44. The summed E-state index contributed by atoms with van der Waals surface area (Å²) in [4.78, 5) is 56.6. The molecule has 19 heteroatoms. The quantitative estimate of drug-likeness (QED) is 0.0939. The van der Waals surface area contributed by atoms with Gasteiger partial charge < -0.3 is 35.1 Å². The molecule has 16 nitrogen and oxygen atoms in total. The van der Waals surface area contributed by atoms with E-state index in [1.165, 1.54) is 24.4 Å². The van der Waals surface area contributed by atoms with Gasteiger partial charge in [-0.3, -0.25) is 28.9 Å². The number of aryl methyl sites for hydroxylation is 1. The number of amides is 3. The summed E-state index contributed by atoms with van der Waals surface area (Å²) in [6.45, 7) is 9.81. The van der Waals surface area contributed by atoms with Gasteiger partial charge in [-0.05, 0) is 87.4 Å². The van der Waals surface area contributed by atoms with E-state index in [2.05, 4.69) is 45.7 Å². The van der Waals surface area contributed by atoms with E-state index in [1.807, 2.05) is 43.7 Å². The van der Waals surface area contributed by atoms with Crippen molar-refractivity contribution in [1.29, 1.82) is 0 Å². The molecule has 4 aliphatic heterocycles. The standard InChI is InChI=1S/C46H52ClFN11O5P/c1-55-27-29(24-51-55)33-22-37(53-46-50-25-35(47)42(54-46)52-36-10-7-30(48)20-41(36)65(3,4)63)40(64-2)23-39(33)58-14-11-28(12-15-58)26-56-16-18-57(19-17-56)31-8-9-32-34(21-31)45(62)59(44(32)61)38-6-5-13-49-43(38)60/h7-10,20-25,27-28,38H,5-6,11-19,26H2,1-4H3,(H,49,60)(H2,50,52,53,54). The molecule has 5 aromatic rings. The molecule has 1 atom stereocenters. The molecule has 2 aromatic heterocycles. The zero-order chi connectivity index (χ0) is 45.6. The van der Waals surface area contributed by atoms with Crippen LogP contribution in [0.3, 0.4) is 0 Å². The van der Waals surface area contributed by atoms with Crippen LogP contribution in [-0.2, 0) is 16.4 Å². The molecule has 3 saturated heterocycles. The van der Waals surface area contributed by atoms with Crippen LogP contribution in [0.5, 0.6) is 5.75 Å². The number of benzene rings is 3. The van der Waals surface area contributed by atoms with Crippen LogP contribution in [0.2, 0.25) is 5.02 Å². The Hall–Kier alpha value is -6.03. The van der Waals surface area contributed by atoms with Crippen LogP contribution in [0.15, 0.2) is 67.1 Å². The number of nitrogens with zero attached hydrogens (tertiary/aromatic N) is 8. The highest BCUT2D eigenvalue weighted by molar-refractivity contribution is 7.70. The normalized spacial score (nSPS) is 18.5. The van der Waals surface area contributed by atoms with Gasteiger partial charge in [0.15, 0.2) is 5.82 Å². The number of hydrogen-bond donors (Lipinski definition) is 3. The van der Waals surface area contributed by atoms with E-state index in [-0.39, 0.29) is 28.6 Å². The third kappa shape index (κ3) is 9.14. The Labute approximate surface area is 381 Å². The molecule has 3 amide bonds. The number of fused-ring (bicyclic) bond motifs is 1. The minimum absolute atomic E-state index is 0.227. The number of piperidine rings is 2. The van der Waals surface area contributed by atoms with Crippen molar-refractivity contribution in [2.75, 3.05) is 93.2 Å². The van der Waals surface area contributed by atoms with Crippen LogP contribution in [0.25, 0.3) is 11.1 Å². The van der Waals surface area contributed by atoms with E-state index in [4.69, 9.17) is 16.3 Å². The van der Waals surface area contributed by atoms with Gasteiger partial charge in [-0.15, -0.1) is 0 Å². The largest absolute Gasteiger partial charge is 0.494 e. The lowest BCUT2D eigenvalue weighted by Crippen LogP contribution is -2.52.